The van der Waals surface area contributed by atoms with Crippen molar-refractivity contribution in [2.24, 2.45) is 7.05 Å². The molecule has 2 aromatic rings. The zero-order chi connectivity index (χ0) is 11.8. The Balaban J connectivity index is 2.10. The second-order valence-electron chi connectivity index (χ2n) is 4.50. The second kappa shape index (κ2) is 4.29. The van der Waals surface area contributed by atoms with Crippen LogP contribution in [0.3, 0.4) is 0 Å². The van der Waals surface area contributed by atoms with E-state index in [0.29, 0.717) is 6.04 Å². The van der Waals surface area contributed by atoms with E-state index in [9.17, 15) is 0 Å². The van der Waals surface area contributed by atoms with Crippen LogP contribution < -0.4 is 4.90 Å². The van der Waals surface area contributed by atoms with Crippen LogP contribution in [0.4, 0.5) is 5.82 Å². The summed E-state index contributed by atoms with van der Waals surface area (Å²) in [6.45, 7) is 1.08. The fraction of sp³-hybridized carbons (Fsp3) is 0.500. The molecule has 4 nitrogen and oxygen atoms in total. The van der Waals surface area contributed by atoms with Crippen molar-refractivity contribution in [3.8, 4) is 0 Å². The van der Waals surface area contributed by atoms with Crippen LogP contribution in [0.2, 0.25) is 0 Å². The molecular formula is C12H15BrN4. The summed E-state index contributed by atoms with van der Waals surface area (Å²) in [5, 5.41) is 0.998. The van der Waals surface area contributed by atoms with Crippen molar-refractivity contribution in [2.45, 2.75) is 18.9 Å². The highest BCUT2D eigenvalue weighted by Crippen LogP contribution is 2.29. The Morgan fingerprint density at radius 3 is 3.18 bits per heavy atom. The van der Waals surface area contributed by atoms with Gasteiger partial charge in [0.05, 0.1) is 11.8 Å². The molecule has 0 N–H and O–H groups in total. The number of nitrogens with zero attached hydrogens (tertiary/aromatic N) is 4. The average Bonchev–Trinajstić information content (AvgIpc) is 2.96. The maximum absolute atomic E-state index is 4.53. The number of anilines is 1. The molecule has 3 rings (SSSR count). The Kier molecular flexibility index (Phi) is 2.78. The normalized spacial score (nSPS) is 20.4. The van der Waals surface area contributed by atoms with Crippen LogP contribution in [0.25, 0.3) is 11.0 Å². The maximum atomic E-state index is 4.53. The summed E-state index contributed by atoms with van der Waals surface area (Å²) in [5.41, 5.74) is 2.16. The van der Waals surface area contributed by atoms with Gasteiger partial charge in [0, 0.05) is 31.2 Å². The largest absolute Gasteiger partial charge is 0.351 e. The van der Waals surface area contributed by atoms with Crippen molar-refractivity contribution < 1.29 is 0 Å². The molecule has 1 fully saturated rings. The highest BCUT2D eigenvalue weighted by atomic mass is 79.9. The number of aryl methyl sites for hydroxylation is 1. The van der Waals surface area contributed by atoms with Gasteiger partial charge in [-0.2, -0.15) is 0 Å². The van der Waals surface area contributed by atoms with Crippen molar-refractivity contribution in [1.82, 2.24) is 14.5 Å². The molecule has 90 valence electrons. The number of fused-ring (bicyclic) bond motifs is 1. The van der Waals surface area contributed by atoms with Gasteiger partial charge in [-0.05, 0) is 18.9 Å². The number of hydrogen-bond donors (Lipinski definition) is 0. The third-order valence-corrected chi connectivity index (χ3v) is 4.20. The maximum Gasteiger partial charge on any atom is 0.157 e. The molecule has 1 saturated heterocycles. The van der Waals surface area contributed by atoms with Crippen molar-refractivity contribution in [2.75, 3.05) is 16.8 Å². The first-order valence-corrected chi connectivity index (χ1v) is 7.02. The van der Waals surface area contributed by atoms with Gasteiger partial charge in [0.15, 0.2) is 5.82 Å². The van der Waals surface area contributed by atoms with E-state index >= 15 is 0 Å². The lowest BCUT2D eigenvalue weighted by Gasteiger charge is -2.24. The van der Waals surface area contributed by atoms with Crippen molar-refractivity contribution in [3.05, 3.63) is 18.6 Å². The van der Waals surface area contributed by atoms with Gasteiger partial charge in [-0.1, -0.05) is 15.9 Å². The Morgan fingerprint density at radius 2 is 2.35 bits per heavy atom. The average molecular weight is 295 g/mol. The molecule has 5 heteroatoms. The van der Waals surface area contributed by atoms with E-state index < -0.39 is 0 Å². The van der Waals surface area contributed by atoms with Crippen LogP contribution in [-0.4, -0.2) is 32.5 Å². The SMILES string of the molecule is Cn1cnc2c(N3CCCC3CBr)nccc21. The Labute approximate surface area is 109 Å². The lowest BCUT2D eigenvalue weighted by molar-refractivity contribution is 0.743. The van der Waals surface area contributed by atoms with E-state index in [2.05, 4.69) is 30.8 Å². The standard InChI is InChI=1S/C12H15BrN4/c1-16-8-15-11-10(16)4-5-14-12(11)17-6-2-3-9(17)7-13/h4-5,8-9H,2-3,6-7H2,1H3. The van der Waals surface area contributed by atoms with Gasteiger partial charge in [-0.25, -0.2) is 9.97 Å². The molecule has 0 aromatic carbocycles. The summed E-state index contributed by atoms with van der Waals surface area (Å²) in [6.07, 6.45) is 6.20. The molecule has 0 radical (unpaired) electrons. The number of alkyl halides is 1. The smallest absolute Gasteiger partial charge is 0.157 e. The third kappa shape index (κ3) is 1.73. The minimum absolute atomic E-state index is 0.551. The molecule has 3 heterocycles. The van der Waals surface area contributed by atoms with Crippen LogP contribution >= 0.6 is 15.9 Å². The summed E-state index contributed by atoms with van der Waals surface area (Å²) in [6, 6.07) is 2.57. The van der Waals surface area contributed by atoms with Gasteiger partial charge >= 0.3 is 0 Å². The number of halogens is 1. The number of pyridine rings is 1. The van der Waals surface area contributed by atoms with E-state index in [1.54, 1.807) is 0 Å². The zero-order valence-corrected chi connectivity index (χ0v) is 11.4. The summed E-state index contributed by atoms with van der Waals surface area (Å²) in [5.74, 6) is 1.03. The van der Waals surface area contributed by atoms with E-state index in [4.69, 9.17) is 0 Å². The van der Waals surface area contributed by atoms with Crippen molar-refractivity contribution >= 4 is 32.8 Å². The van der Waals surface area contributed by atoms with Gasteiger partial charge in [0.2, 0.25) is 0 Å². The van der Waals surface area contributed by atoms with Crippen LogP contribution in [0.15, 0.2) is 18.6 Å². The van der Waals surface area contributed by atoms with E-state index in [0.717, 1.165) is 28.7 Å². The predicted molar refractivity (Wildman–Crippen MR) is 72.7 cm³/mol. The molecule has 17 heavy (non-hydrogen) atoms. The molecular weight excluding hydrogens is 280 g/mol. The van der Waals surface area contributed by atoms with E-state index in [1.165, 1.54) is 12.8 Å². The minimum Gasteiger partial charge on any atom is -0.351 e. The third-order valence-electron chi connectivity index (χ3n) is 3.45. The Morgan fingerprint density at radius 1 is 1.47 bits per heavy atom. The fourth-order valence-electron chi connectivity index (χ4n) is 2.53. The summed E-state index contributed by atoms with van der Waals surface area (Å²) in [4.78, 5) is 11.4. The fourth-order valence-corrected chi connectivity index (χ4v) is 3.21. The number of hydrogen-bond acceptors (Lipinski definition) is 3. The molecule has 1 atom stereocenters. The number of aromatic nitrogens is 3. The summed E-state index contributed by atoms with van der Waals surface area (Å²) >= 11 is 3.59. The molecule has 0 amide bonds. The van der Waals surface area contributed by atoms with Crippen molar-refractivity contribution in [3.63, 3.8) is 0 Å². The first-order valence-electron chi connectivity index (χ1n) is 5.90. The van der Waals surface area contributed by atoms with Crippen LogP contribution in [0, 0.1) is 0 Å². The molecule has 2 aromatic heterocycles. The van der Waals surface area contributed by atoms with Gasteiger partial charge < -0.3 is 9.47 Å². The summed E-state index contributed by atoms with van der Waals surface area (Å²) < 4.78 is 2.04. The second-order valence-corrected chi connectivity index (χ2v) is 5.15. The number of imidazole rings is 1. The lowest BCUT2D eigenvalue weighted by Crippen LogP contribution is -2.31. The molecule has 1 unspecified atom stereocenters. The zero-order valence-electron chi connectivity index (χ0n) is 9.80. The minimum atomic E-state index is 0.551. The molecule has 1 aliphatic rings. The highest BCUT2D eigenvalue weighted by Gasteiger charge is 2.26. The van der Waals surface area contributed by atoms with E-state index in [-0.39, 0.29) is 0 Å². The van der Waals surface area contributed by atoms with Crippen molar-refractivity contribution in [1.29, 1.82) is 0 Å². The Hall–Kier alpha value is -1.10. The van der Waals surface area contributed by atoms with Gasteiger partial charge in [0.25, 0.3) is 0 Å². The summed E-state index contributed by atoms with van der Waals surface area (Å²) in [7, 11) is 2.02. The molecule has 0 aliphatic carbocycles. The molecule has 0 saturated carbocycles. The molecule has 0 bridgehead atoms. The highest BCUT2D eigenvalue weighted by molar-refractivity contribution is 9.09. The predicted octanol–water partition coefficient (Wildman–Crippen LogP) is 2.33. The van der Waals surface area contributed by atoms with Crippen LogP contribution in [0.5, 0.6) is 0 Å². The van der Waals surface area contributed by atoms with Gasteiger partial charge in [-0.15, -0.1) is 0 Å². The molecule has 1 aliphatic heterocycles. The molecule has 0 spiro atoms. The van der Waals surface area contributed by atoms with Gasteiger partial charge in [0.1, 0.15) is 5.52 Å². The monoisotopic (exact) mass is 294 g/mol. The van der Waals surface area contributed by atoms with Crippen LogP contribution in [-0.2, 0) is 7.05 Å². The first-order chi connectivity index (χ1) is 8.31. The van der Waals surface area contributed by atoms with Crippen LogP contribution in [0.1, 0.15) is 12.8 Å². The lowest BCUT2D eigenvalue weighted by atomic mass is 10.2. The van der Waals surface area contributed by atoms with Gasteiger partial charge in [-0.3, -0.25) is 0 Å². The Bertz CT molecular complexity index is 536. The first kappa shape index (κ1) is 11.0. The topological polar surface area (TPSA) is 34.0 Å². The van der Waals surface area contributed by atoms with E-state index in [1.807, 2.05) is 30.2 Å². The quantitative estimate of drug-likeness (QED) is 0.797. The number of rotatable bonds is 2.